The van der Waals surface area contributed by atoms with Crippen molar-refractivity contribution in [3.63, 3.8) is 0 Å². The highest BCUT2D eigenvalue weighted by atomic mass is 79.9. The summed E-state index contributed by atoms with van der Waals surface area (Å²) in [6.45, 7) is 20.7. The van der Waals surface area contributed by atoms with E-state index in [1.54, 1.807) is 45.3 Å². The summed E-state index contributed by atoms with van der Waals surface area (Å²) in [5, 5.41) is 0. The van der Waals surface area contributed by atoms with Crippen LogP contribution in [0, 0.1) is 23.7 Å². The van der Waals surface area contributed by atoms with Crippen molar-refractivity contribution in [1.82, 2.24) is 19.6 Å². The molecule has 4 unspecified atom stereocenters. The lowest BCUT2D eigenvalue weighted by atomic mass is 9.93. The molecule has 0 fully saturated rings. The number of carbonyl (C=O) groups is 4. The fourth-order valence-electron chi connectivity index (χ4n) is 17.2. The third kappa shape index (κ3) is 25.8. The fourth-order valence-corrected chi connectivity index (χ4v) is 22.3. The molecule has 8 nitrogen and oxygen atoms in total. The van der Waals surface area contributed by atoms with Gasteiger partial charge in [0, 0.05) is 35.9 Å². The Morgan fingerprint density at radius 2 is 0.406 bits per heavy atom. The Bertz CT molecular complexity index is 3200. The molecule has 0 spiro atoms. The largest absolute Gasteiger partial charge is 0.306 e. The van der Waals surface area contributed by atoms with Crippen LogP contribution in [0.5, 0.6) is 0 Å². The van der Waals surface area contributed by atoms with Crippen LogP contribution < -0.4 is 0 Å². The molecule has 4 atom stereocenters. The van der Waals surface area contributed by atoms with Gasteiger partial charge in [-0.2, -0.15) is 0 Å². The van der Waals surface area contributed by atoms with Gasteiger partial charge in [-0.1, -0.05) is 312 Å². The highest BCUT2D eigenvalue weighted by Gasteiger charge is 2.52. The average molecular weight is 1650 g/mol. The highest BCUT2D eigenvalue weighted by molar-refractivity contribution is 9.11. The van der Waals surface area contributed by atoms with E-state index in [4.69, 9.17) is 0 Å². The second-order valence-corrected chi connectivity index (χ2v) is 39.3. The van der Waals surface area contributed by atoms with E-state index < -0.39 is 0 Å². The van der Waals surface area contributed by atoms with Gasteiger partial charge in [-0.15, -0.1) is 45.3 Å². The average Bonchev–Trinajstić information content (AvgIpc) is 1.56. The second kappa shape index (κ2) is 49.2. The van der Waals surface area contributed by atoms with Gasteiger partial charge in [0.15, 0.2) is 0 Å². The molecule has 8 heterocycles. The number of nitrogens with zero attached hydrogens (tertiary/aromatic N) is 4. The van der Waals surface area contributed by atoms with Crippen LogP contribution in [0.2, 0.25) is 0 Å². The van der Waals surface area contributed by atoms with Crippen LogP contribution >= 0.6 is 77.2 Å². The third-order valence-corrected chi connectivity index (χ3v) is 29.0. The van der Waals surface area contributed by atoms with E-state index in [1.165, 1.54) is 205 Å². The summed E-state index contributed by atoms with van der Waals surface area (Å²) in [6.07, 6.45) is 57.2. The van der Waals surface area contributed by atoms with E-state index >= 15 is 19.2 Å². The van der Waals surface area contributed by atoms with Gasteiger partial charge in [0.25, 0.3) is 23.6 Å². The summed E-state index contributed by atoms with van der Waals surface area (Å²) < 4.78 is 1.98. The number of thiophene rings is 4. The van der Waals surface area contributed by atoms with Crippen LogP contribution in [-0.2, 0) is 19.2 Å². The maximum atomic E-state index is 16.2. The number of hydrogen-bond donors (Lipinski definition) is 0. The molecule has 106 heavy (non-hydrogen) atoms. The number of halogens is 2. The number of carbonyl (C=O) groups excluding carboxylic acids is 4. The molecule has 0 bridgehead atoms. The number of amides is 4. The lowest BCUT2D eigenvalue weighted by Gasteiger charge is -2.29. The van der Waals surface area contributed by atoms with Gasteiger partial charge in [0.05, 0.1) is 72.2 Å². The lowest BCUT2D eigenvalue weighted by molar-refractivity contribution is -0.124. The molecule has 0 aromatic carbocycles. The Morgan fingerprint density at radius 3 is 0.604 bits per heavy atom. The van der Waals surface area contributed by atoms with Gasteiger partial charge in [0.2, 0.25) is 0 Å². The molecule has 0 aliphatic carbocycles. The van der Waals surface area contributed by atoms with Crippen molar-refractivity contribution in [2.24, 2.45) is 23.7 Å². The summed E-state index contributed by atoms with van der Waals surface area (Å²) in [7, 11) is 0. The SMILES string of the molecule is CCCCCCCCC(CCCCCC)CN1C(=O)C2=C(c3ccc(-c4ccc(C5=C6C(=O)N(CC(CCCCCC)CCCCCCCC)C(c7ccc(Br)s7)=C6C(=O)N5CC(CCCCCC)CCCCCCCC)s4)s3)N(CC(CCCCCC)CCCCCCCC)C(=O)C2=C1c1ccc(Br)s1. The van der Waals surface area contributed by atoms with Crippen LogP contribution in [0.1, 0.15) is 383 Å². The Balaban J connectivity index is 1.25. The quantitative estimate of drug-likeness (QED) is 0.0413. The molecule has 4 aromatic rings. The molecule has 4 aliphatic heterocycles. The molecular weight excluding hydrogens is 1510 g/mol. The maximum absolute atomic E-state index is 16.2. The molecule has 0 saturated carbocycles. The van der Waals surface area contributed by atoms with E-state index in [2.05, 4.69) is 155 Å². The van der Waals surface area contributed by atoms with Gasteiger partial charge in [0.1, 0.15) is 0 Å². The first-order valence-corrected chi connectivity index (χ1v) is 48.7. The monoisotopic (exact) mass is 1650 g/mol. The Hall–Kier alpha value is -3.40. The molecular formula is C92H140Br2N4O4S4. The van der Waals surface area contributed by atoms with Crippen LogP contribution in [0.15, 0.2) is 78.4 Å². The first-order chi connectivity index (χ1) is 51.9. The molecule has 0 N–H and O–H groups in total. The summed E-state index contributed by atoms with van der Waals surface area (Å²) in [6, 6.07) is 17.3. The molecule has 0 saturated heterocycles. The van der Waals surface area contributed by atoms with E-state index in [1.807, 2.05) is 0 Å². The smallest absolute Gasteiger partial charge is 0.261 e. The van der Waals surface area contributed by atoms with Crippen molar-refractivity contribution in [3.05, 3.63) is 97.9 Å². The standard InChI is InChI=1S/C92H140Br2N4O4S4/c1-9-17-25-33-37-45-53-69(49-41-29-21-13-5)65-95-85(81-83(91(95)101)87(77-61-63-79(93)105-77)97(89(81)99)67-71(51-43-31-23-15-7)55-47-39-35-27-19-11-3)75-59-57-73(103-75)74-58-60-76(104-74)86-82-84(92(102)96(86)66-70(50-42-30-22-14-6)54-46-38-34-26-18-10-2)88(78-62-64-80(94)106-78)98(90(82)100)68-72(52-44-32-24-16-8)56-48-40-36-28-20-12-4/h57-64,69-72H,9-56,65-68H2,1-8H3. The molecule has 8 rings (SSSR count). The Kier molecular flexibility index (Phi) is 40.9. The van der Waals surface area contributed by atoms with E-state index in [0.717, 1.165) is 162 Å². The van der Waals surface area contributed by atoms with E-state index in [9.17, 15) is 0 Å². The van der Waals surface area contributed by atoms with Gasteiger partial charge in [-0.25, -0.2) is 0 Å². The second-order valence-electron chi connectivity index (χ2n) is 32.2. The maximum Gasteiger partial charge on any atom is 0.261 e. The predicted molar refractivity (Wildman–Crippen MR) is 467 cm³/mol. The van der Waals surface area contributed by atoms with Crippen LogP contribution in [0.25, 0.3) is 32.5 Å². The lowest BCUT2D eigenvalue weighted by Crippen LogP contribution is -2.34. The number of rotatable bonds is 61. The number of unbranched alkanes of at least 4 members (excludes halogenated alkanes) is 32. The van der Waals surface area contributed by atoms with Gasteiger partial charge in [-0.3, -0.25) is 19.2 Å². The zero-order valence-corrected chi connectivity index (χ0v) is 73.9. The number of hydrogen-bond acceptors (Lipinski definition) is 8. The molecule has 590 valence electrons. The molecule has 4 aliphatic rings. The van der Waals surface area contributed by atoms with Crippen molar-refractivity contribution in [2.75, 3.05) is 26.2 Å². The zero-order chi connectivity index (χ0) is 75.4. The van der Waals surface area contributed by atoms with Crippen molar-refractivity contribution < 1.29 is 19.2 Å². The summed E-state index contributed by atoms with van der Waals surface area (Å²) in [5.41, 5.74) is 5.55. The molecule has 0 radical (unpaired) electrons. The molecule has 14 heteroatoms. The summed E-state index contributed by atoms with van der Waals surface area (Å²) in [5.74, 6) is 1.17. The molecule has 4 aromatic heterocycles. The predicted octanol–water partition coefficient (Wildman–Crippen LogP) is 30.1. The van der Waals surface area contributed by atoms with E-state index in [-0.39, 0.29) is 23.6 Å². The minimum absolute atomic E-state index is 0.0242. The first kappa shape index (κ1) is 88.2. The minimum atomic E-state index is -0.0242. The van der Waals surface area contributed by atoms with Crippen molar-refractivity contribution in [1.29, 1.82) is 0 Å². The van der Waals surface area contributed by atoms with Gasteiger partial charge in [-0.05, 0) is 155 Å². The van der Waals surface area contributed by atoms with Crippen LogP contribution in [0.4, 0.5) is 0 Å². The number of fused-ring (bicyclic) bond motifs is 2. The summed E-state index contributed by atoms with van der Waals surface area (Å²) in [4.78, 5) is 79.3. The Labute approximate surface area is 678 Å². The molecule has 4 amide bonds. The fraction of sp³-hybridized carbons (Fsp3) is 0.696. The zero-order valence-electron chi connectivity index (χ0n) is 67.5. The highest BCUT2D eigenvalue weighted by Crippen LogP contribution is 2.54. The topological polar surface area (TPSA) is 81.2 Å². The normalized spacial score (nSPS) is 16.0. The van der Waals surface area contributed by atoms with E-state index in [0.29, 0.717) is 72.1 Å². The van der Waals surface area contributed by atoms with Crippen molar-refractivity contribution >= 4 is 124 Å². The van der Waals surface area contributed by atoms with Crippen LogP contribution in [0.3, 0.4) is 0 Å². The Morgan fingerprint density at radius 1 is 0.236 bits per heavy atom. The first-order valence-electron chi connectivity index (χ1n) is 43.8. The van der Waals surface area contributed by atoms with Crippen LogP contribution in [-0.4, -0.2) is 69.4 Å². The third-order valence-electron chi connectivity index (χ3n) is 23.4. The van der Waals surface area contributed by atoms with Crippen molar-refractivity contribution in [2.45, 2.75) is 364 Å². The van der Waals surface area contributed by atoms with Gasteiger partial charge >= 0.3 is 0 Å². The summed E-state index contributed by atoms with van der Waals surface area (Å²) >= 11 is 14.3. The minimum Gasteiger partial charge on any atom is -0.306 e. The van der Waals surface area contributed by atoms with Crippen molar-refractivity contribution in [3.8, 4) is 9.75 Å². The van der Waals surface area contributed by atoms with Gasteiger partial charge < -0.3 is 19.6 Å².